The van der Waals surface area contributed by atoms with Crippen molar-refractivity contribution in [2.45, 2.75) is 12.5 Å². The third-order valence-corrected chi connectivity index (χ3v) is 5.50. The largest absolute Gasteiger partial charge is 0.362 e. The molecular weight excluding hydrogens is 392 g/mol. The van der Waals surface area contributed by atoms with Gasteiger partial charge in [0, 0.05) is 23.0 Å². The molecule has 2 aliphatic rings. The molecule has 0 bridgehead atoms. The summed E-state index contributed by atoms with van der Waals surface area (Å²) in [7, 11) is 0. The number of nitrogens with zero attached hydrogens (tertiary/aromatic N) is 2. The molecule has 2 heterocycles. The minimum atomic E-state index is -0.455. The zero-order valence-corrected chi connectivity index (χ0v) is 17.6. The highest BCUT2D eigenvalue weighted by Gasteiger charge is 2.15. The molecule has 0 amide bonds. The minimum absolute atomic E-state index is 0.455. The van der Waals surface area contributed by atoms with E-state index in [4.69, 9.17) is 15.7 Å². The van der Waals surface area contributed by atoms with E-state index in [1.807, 2.05) is 54.7 Å². The second-order valence-corrected chi connectivity index (χ2v) is 7.78. The molecule has 0 spiro atoms. The maximum absolute atomic E-state index is 6.60. The third kappa shape index (κ3) is 4.36. The first-order valence-corrected chi connectivity index (χ1v) is 10.7. The lowest BCUT2D eigenvalue weighted by Crippen LogP contribution is -2.17. The maximum Gasteiger partial charge on any atom is 0.150 e. The first-order chi connectivity index (χ1) is 15.8. The number of fused-ring (bicyclic) bond motifs is 1. The Morgan fingerprint density at radius 3 is 2.19 bits per heavy atom. The van der Waals surface area contributed by atoms with Crippen molar-refractivity contribution in [3.63, 3.8) is 0 Å². The number of hydrogen-bond acceptors (Lipinski definition) is 4. The van der Waals surface area contributed by atoms with Gasteiger partial charge in [0.05, 0.1) is 17.4 Å². The SMILES string of the molecule is NC(/C=C1/C=C2C=CC=CCC2=CN1)c1nc(-c2ccccc2)cc(-c2ccccc2)n1. The first-order valence-electron chi connectivity index (χ1n) is 10.7. The summed E-state index contributed by atoms with van der Waals surface area (Å²) in [6, 6.07) is 21.8. The van der Waals surface area contributed by atoms with Gasteiger partial charge in [-0.15, -0.1) is 0 Å². The fourth-order valence-corrected chi connectivity index (χ4v) is 3.81. The molecular formula is C28H24N4. The van der Waals surface area contributed by atoms with Crippen LogP contribution in [0.25, 0.3) is 22.5 Å². The molecule has 1 aliphatic carbocycles. The van der Waals surface area contributed by atoms with Gasteiger partial charge in [-0.3, -0.25) is 0 Å². The molecule has 4 nitrogen and oxygen atoms in total. The molecule has 156 valence electrons. The number of rotatable bonds is 4. The van der Waals surface area contributed by atoms with Crippen LogP contribution in [0.3, 0.4) is 0 Å². The Morgan fingerprint density at radius 1 is 0.875 bits per heavy atom. The van der Waals surface area contributed by atoms with Crippen LogP contribution >= 0.6 is 0 Å². The van der Waals surface area contributed by atoms with Gasteiger partial charge in [-0.2, -0.15) is 0 Å². The number of benzene rings is 2. The Morgan fingerprint density at radius 2 is 1.53 bits per heavy atom. The normalized spacial score (nSPS) is 17.1. The van der Waals surface area contributed by atoms with E-state index in [2.05, 4.69) is 60.0 Å². The molecule has 0 fully saturated rings. The van der Waals surface area contributed by atoms with Crippen molar-refractivity contribution in [3.05, 3.63) is 132 Å². The molecule has 32 heavy (non-hydrogen) atoms. The molecule has 5 rings (SSSR count). The fourth-order valence-electron chi connectivity index (χ4n) is 3.81. The summed E-state index contributed by atoms with van der Waals surface area (Å²) in [4.78, 5) is 9.64. The summed E-state index contributed by atoms with van der Waals surface area (Å²) in [5, 5.41) is 3.36. The molecule has 3 N–H and O–H groups in total. The van der Waals surface area contributed by atoms with Gasteiger partial charge in [0.15, 0.2) is 0 Å². The summed E-state index contributed by atoms with van der Waals surface area (Å²) in [6.45, 7) is 0. The molecule has 0 radical (unpaired) electrons. The average Bonchev–Trinajstić information content (AvgIpc) is 3.10. The number of allylic oxidation sites excluding steroid dienone is 7. The summed E-state index contributed by atoms with van der Waals surface area (Å²) in [5.41, 5.74) is 13.8. The number of aromatic nitrogens is 2. The Balaban J connectivity index is 1.52. The van der Waals surface area contributed by atoms with Gasteiger partial charge in [0.1, 0.15) is 5.82 Å². The molecule has 2 aromatic carbocycles. The molecule has 0 saturated heterocycles. The number of dihydropyridines is 1. The maximum atomic E-state index is 6.60. The number of nitrogens with one attached hydrogen (secondary N) is 1. The molecule has 1 aliphatic heterocycles. The molecule has 0 saturated carbocycles. The predicted molar refractivity (Wildman–Crippen MR) is 130 cm³/mol. The van der Waals surface area contributed by atoms with Crippen LogP contribution in [0.5, 0.6) is 0 Å². The summed E-state index contributed by atoms with van der Waals surface area (Å²) < 4.78 is 0. The Bertz CT molecular complexity index is 1210. The van der Waals surface area contributed by atoms with Crippen molar-refractivity contribution in [2.75, 3.05) is 0 Å². The van der Waals surface area contributed by atoms with Gasteiger partial charge < -0.3 is 11.1 Å². The highest BCUT2D eigenvalue weighted by Crippen LogP contribution is 2.27. The van der Waals surface area contributed by atoms with E-state index in [0.29, 0.717) is 5.82 Å². The Labute approximate surface area is 188 Å². The van der Waals surface area contributed by atoms with Crippen LogP contribution in [0.15, 0.2) is 126 Å². The molecule has 4 heteroatoms. The minimum Gasteiger partial charge on any atom is -0.362 e. The van der Waals surface area contributed by atoms with Crippen molar-refractivity contribution in [3.8, 4) is 22.5 Å². The topological polar surface area (TPSA) is 63.8 Å². The van der Waals surface area contributed by atoms with E-state index < -0.39 is 6.04 Å². The van der Waals surface area contributed by atoms with Gasteiger partial charge in [-0.1, -0.05) is 85.0 Å². The van der Waals surface area contributed by atoms with Gasteiger partial charge in [-0.25, -0.2) is 9.97 Å². The molecule has 1 atom stereocenters. The van der Waals surface area contributed by atoms with E-state index in [1.165, 1.54) is 11.1 Å². The van der Waals surface area contributed by atoms with E-state index in [1.54, 1.807) is 0 Å². The first kappa shape index (κ1) is 19.9. The Kier molecular flexibility index (Phi) is 5.60. The lowest BCUT2D eigenvalue weighted by atomic mass is 10.0. The monoisotopic (exact) mass is 416 g/mol. The van der Waals surface area contributed by atoms with Crippen LogP contribution < -0.4 is 11.1 Å². The van der Waals surface area contributed by atoms with Gasteiger partial charge in [0.2, 0.25) is 0 Å². The highest BCUT2D eigenvalue weighted by molar-refractivity contribution is 5.68. The smallest absolute Gasteiger partial charge is 0.150 e. The van der Waals surface area contributed by atoms with Crippen molar-refractivity contribution < 1.29 is 0 Å². The number of hydrogen-bond donors (Lipinski definition) is 2. The number of nitrogens with two attached hydrogens (primary N) is 1. The van der Waals surface area contributed by atoms with E-state index in [-0.39, 0.29) is 0 Å². The van der Waals surface area contributed by atoms with Crippen LogP contribution in [0.2, 0.25) is 0 Å². The standard InChI is InChI=1S/C28H24N4/c29-25(17-24-16-22-14-8-3-9-15-23(22)19-30-24)28-31-26(20-10-4-1-5-11-20)18-27(32-28)21-12-6-2-7-13-21/h1-14,16-19,25,30H,15,29H2/b24-17-. The van der Waals surface area contributed by atoms with Crippen LogP contribution in [-0.4, -0.2) is 9.97 Å². The van der Waals surface area contributed by atoms with Gasteiger partial charge in [-0.05, 0) is 35.8 Å². The summed E-state index contributed by atoms with van der Waals surface area (Å²) in [5.74, 6) is 0.589. The van der Waals surface area contributed by atoms with E-state index in [0.717, 1.165) is 34.6 Å². The summed E-state index contributed by atoms with van der Waals surface area (Å²) >= 11 is 0. The van der Waals surface area contributed by atoms with Crippen LogP contribution in [0, 0.1) is 0 Å². The highest BCUT2D eigenvalue weighted by atomic mass is 14.9. The Hall–Kier alpha value is -4.02. The zero-order valence-electron chi connectivity index (χ0n) is 17.6. The molecule has 1 aromatic heterocycles. The lowest BCUT2D eigenvalue weighted by Gasteiger charge is -2.17. The summed E-state index contributed by atoms with van der Waals surface area (Å²) in [6.07, 6.45) is 15.5. The molecule has 1 unspecified atom stereocenters. The van der Waals surface area contributed by atoms with Crippen LogP contribution in [-0.2, 0) is 0 Å². The van der Waals surface area contributed by atoms with E-state index >= 15 is 0 Å². The second kappa shape index (κ2) is 9.00. The zero-order chi connectivity index (χ0) is 21.8. The van der Waals surface area contributed by atoms with Crippen molar-refractivity contribution in [2.24, 2.45) is 5.73 Å². The quantitative estimate of drug-likeness (QED) is 0.579. The van der Waals surface area contributed by atoms with Crippen LogP contribution in [0.1, 0.15) is 18.3 Å². The lowest BCUT2D eigenvalue weighted by molar-refractivity contribution is 0.799. The molecule has 3 aromatic rings. The fraction of sp³-hybridized carbons (Fsp3) is 0.0714. The van der Waals surface area contributed by atoms with Gasteiger partial charge >= 0.3 is 0 Å². The third-order valence-electron chi connectivity index (χ3n) is 5.50. The van der Waals surface area contributed by atoms with Gasteiger partial charge in [0.25, 0.3) is 0 Å². The predicted octanol–water partition coefficient (Wildman–Crippen LogP) is 5.62. The van der Waals surface area contributed by atoms with Crippen molar-refractivity contribution in [1.82, 2.24) is 15.3 Å². The van der Waals surface area contributed by atoms with Crippen molar-refractivity contribution in [1.29, 1.82) is 0 Å². The van der Waals surface area contributed by atoms with Crippen molar-refractivity contribution >= 4 is 0 Å². The average molecular weight is 417 g/mol. The second-order valence-electron chi connectivity index (χ2n) is 7.78. The van der Waals surface area contributed by atoms with Crippen LogP contribution in [0.4, 0.5) is 0 Å². The van der Waals surface area contributed by atoms with E-state index in [9.17, 15) is 0 Å².